The van der Waals surface area contributed by atoms with Crippen molar-refractivity contribution in [3.63, 3.8) is 0 Å². The molecular formula is C15H26N4OS. The molecule has 1 amide bonds. The summed E-state index contributed by atoms with van der Waals surface area (Å²) < 4.78 is 0. The van der Waals surface area contributed by atoms with Crippen molar-refractivity contribution in [1.82, 2.24) is 15.3 Å². The van der Waals surface area contributed by atoms with E-state index in [1.807, 2.05) is 26.2 Å². The molecule has 0 aliphatic carbocycles. The Balaban J connectivity index is 2.28. The van der Waals surface area contributed by atoms with E-state index in [1.165, 1.54) is 0 Å². The van der Waals surface area contributed by atoms with E-state index in [1.54, 1.807) is 11.8 Å². The van der Waals surface area contributed by atoms with E-state index < -0.39 is 5.54 Å². The summed E-state index contributed by atoms with van der Waals surface area (Å²) in [7, 11) is 0. The predicted molar refractivity (Wildman–Crippen MR) is 87.2 cm³/mol. The predicted octanol–water partition coefficient (Wildman–Crippen LogP) is 2.29. The van der Waals surface area contributed by atoms with Crippen LogP contribution in [0.1, 0.15) is 45.1 Å². The standard InChI is InChI=1S/C15H26N4OS/c1-4-8-19-15(3,13(16)20)7-5-6-9-21-14-17-10-12(2)11-18-14/h10-11,19H,4-9H2,1-3H3,(H2,16,20). The van der Waals surface area contributed by atoms with Crippen LogP contribution in [0.15, 0.2) is 17.6 Å². The Kier molecular flexibility index (Phi) is 7.67. The zero-order chi connectivity index (χ0) is 15.7. The summed E-state index contributed by atoms with van der Waals surface area (Å²) in [5.41, 5.74) is 5.98. The first-order chi connectivity index (χ1) is 9.98. The lowest BCUT2D eigenvalue weighted by molar-refractivity contribution is -0.124. The first-order valence-corrected chi connectivity index (χ1v) is 8.43. The molecule has 5 nitrogen and oxygen atoms in total. The third-order valence-corrected chi connectivity index (χ3v) is 4.33. The van der Waals surface area contributed by atoms with E-state index >= 15 is 0 Å². The number of nitrogens with zero attached hydrogens (tertiary/aromatic N) is 2. The maximum atomic E-state index is 11.6. The van der Waals surface area contributed by atoms with Gasteiger partial charge in [-0.05, 0) is 45.2 Å². The molecule has 1 aromatic heterocycles. The van der Waals surface area contributed by atoms with Crippen LogP contribution >= 0.6 is 11.8 Å². The van der Waals surface area contributed by atoms with Crippen LogP contribution in [-0.4, -0.2) is 33.7 Å². The largest absolute Gasteiger partial charge is 0.368 e. The molecule has 0 saturated carbocycles. The van der Waals surface area contributed by atoms with Crippen LogP contribution in [-0.2, 0) is 4.79 Å². The lowest BCUT2D eigenvalue weighted by atomic mass is 9.94. The van der Waals surface area contributed by atoms with Gasteiger partial charge in [-0.2, -0.15) is 0 Å². The highest BCUT2D eigenvalue weighted by Crippen LogP contribution is 2.18. The molecule has 1 atom stereocenters. The number of nitrogens with one attached hydrogen (secondary N) is 1. The number of nitrogens with two attached hydrogens (primary N) is 1. The number of amides is 1. The van der Waals surface area contributed by atoms with Crippen molar-refractivity contribution in [2.45, 2.75) is 57.1 Å². The number of unbranched alkanes of at least 4 members (excludes halogenated alkanes) is 1. The first kappa shape index (κ1) is 17.9. The van der Waals surface area contributed by atoms with Crippen molar-refractivity contribution < 1.29 is 4.79 Å². The number of hydrogen-bond donors (Lipinski definition) is 2. The van der Waals surface area contributed by atoms with Gasteiger partial charge in [0.1, 0.15) is 0 Å². The number of aromatic nitrogens is 2. The van der Waals surface area contributed by atoms with Crippen LogP contribution in [0, 0.1) is 6.92 Å². The van der Waals surface area contributed by atoms with Gasteiger partial charge in [-0.3, -0.25) is 4.79 Å². The van der Waals surface area contributed by atoms with Crippen LogP contribution in [0.3, 0.4) is 0 Å². The van der Waals surface area contributed by atoms with E-state index in [0.717, 1.165) is 48.7 Å². The number of thioether (sulfide) groups is 1. The second-order valence-electron chi connectivity index (χ2n) is 5.47. The Labute approximate surface area is 131 Å². The Hall–Kier alpha value is -1.14. The molecule has 21 heavy (non-hydrogen) atoms. The monoisotopic (exact) mass is 310 g/mol. The summed E-state index contributed by atoms with van der Waals surface area (Å²) in [6.45, 7) is 6.75. The van der Waals surface area contributed by atoms with Crippen molar-refractivity contribution in [2.24, 2.45) is 5.73 Å². The molecule has 0 fully saturated rings. The van der Waals surface area contributed by atoms with Crippen molar-refractivity contribution >= 4 is 17.7 Å². The Bertz CT molecular complexity index is 438. The molecule has 0 saturated heterocycles. The molecule has 0 aromatic carbocycles. The Morgan fingerprint density at radius 3 is 2.62 bits per heavy atom. The topological polar surface area (TPSA) is 80.9 Å². The van der Waals surface area contributed by atoms with Gasteiger partial charge in [-0.25, -0.2) is 9.97 Å². The Morgan fingerprint density at radius 1 is 1.38 bits per heavy atom. The van der Waals surface area contributed by atoms with Crippen molar-refractivity contribution in [2.75, 3.05) is 12.3 Å². The Morgan fingerprint density at radius 2 is 2.05 bits per heavy atom. The average Bonchev–Trinajstić information content (AvgIpc) is 2.46. The van der Waals surface area contributed by atoms with Gasteiger partial charge in [-0.15, -0.1) is 0 Å². The molecule has 0 aliphatic heterocycles. The smallest absolute Gasteiger partial charge is 0.237 e. The van der Waals surface area contributed by atoms with Gasteiger partial charge in [0, 0.05) is 18.1 Å². The van der Waals surface area contributed by atoms with Crippen LogP contribution < -0.4 is 11.1 Å². The molecule has 1 aromatic rings. The maximum Gasteiger partial charge on any atom is 0.237 e. The SMILES string of the molecule is CCCNC(C)(CCCCSc1ncc(C)cn1)C(N)=O. The minimum atomic E-state index is -0.596. The molecule has 1 rings (SSSR count). The number of rotatable bonds is 10. The molecule has 3 N–H and O–H groups in total. The van der Waals surface area contributed by atoms with E-state index in [9.17, 15) is 4.79 Å². The molecule has 6 heteroatoms. The van der Waals surface area contributed by atoms with Gasteiger partial charge in [0.25, 0.3) is 0 Å². The molecule has 118 valence electrons. The summed E-state index contributed by atoms with van der Waals surface area (Å²) in [4.78, 5) is 20.1. The van der Waals surface area contributed by atoms with Crippen molar-refractivity contribution in [3.05, 3.63) is 18.0 Å². The van der Waals surface area contributed by atoms with Crippen LogP contribution in [0.5, 0.6) is 0 Å². The van der Waals surface area contributed by atoms with Crippen LogP contribution in [0.25, 0.3) is 0 Å². The summed E-state index contributed by atoms with van der Waals surface area (Å²) in [5.74, 6) is 0.677. The fourth-order valence-corrected chi connectivity index (χ4v) is 2.68. The second kappa shape index (κ2) is 9.00. The minimum Gasteiger partial charge on any atom is -0.368 e. The van der Waals surface area contributed by atoms with Gasteiger partial charge >= 0.3 is 0 Å². The molecule has 0 aliphatic rings. The summed E-state index contributed by atoms with van der Waals surface area (Å²) >= 11 is 1.65. The van der Waals surface area contributed by atoms with Gasteiger partial charge in [0.15, 0.2) is 5.16 Å². The quantitative estimate of drug-likeness (QED) is 0.394. The number of aryl methyl sites for hydroxylation is 1. The third kappa shape index (κ3) is 6.44. The molecule has 1 heterocycles. The summed E-state index contributed by atoms with van der Waals surface area (Å²) in [6.07, 6.45) is 7.37. The maximum absolute atomic E-state index is 11.6. The molecule has 0 bridgehead atoms. The van der Waals surface area contributed by atoms with E-state index in [-0.39, 0.29) is 5.91 Å². The van der Waals surface area contributed by atoms with Crippen molar-refractivity contribution in [1.29, 1.82) is 0 Å². The second-order valence-corrected chi connectivity index (χ2v) is 6.53. The van der Waals surface area contributed by atoms with Gasteiger partial charge in [-0.1, -0.05) is 25.1 Å². The average molecular weight is 310 g/mol. The first-order valence-electron chi connectivity index (χ1n) is 7.44. The summed E-state index contributed by atoms with van der Waals surface area (Å²) in [5, 5.41) is 4.06. The number of carbonyl (C=O) groups is 1. The minimum absolute atomic E-state index is 0.273. The zero-order valence-electron chi connectivity index (χ0n) is 13.2. The molecule has 1 unspecified atom stereocenters. The fraction of sp³-hybridized carbons (Fsp3) is 0.667. The van der Waals surface area contributed by atoms with Crippen molar-refractivity contribution in [3.8, 4) is 0 Å². The van der Waals surface area contributed by atoms with E-state index in [2.05, 4.69) is 22.2 Å². The summed E-state index contributed by atoms with van der Waals surface area (Å²) in [6, 6.07) is 0. The molecular weight excluding hydrogens is 284 g/mol. The highest BCUT2D eigenvalue weighted by atomic mass is 32.2. The number of primary amides is 1. The van der Waals surface area contributed by atoms with Gasteiger partial charge in [0.2, 0.25) is 5.91 Å². The lowest BCUT2D eigenvalue weighted by Crippen LogP contribution is -2.53. The van der Waals surface area contributed by atoms with Gasteiger partial charge in [0.05, 0.1) is 5.54 Å². The highest BCUT2D eigenvalue weighted by Gasteiger charge is 2.29. The number of hydrogen-bond acceptors (Lipinski definition) is 5. The van der Waals surface area contributed by atoms with Gasteiger partial charge < -0.3 is 11.1 Å². The zero-order valence-corrected chi connectivity index (χ0v) is 14.0. The fourth-order valence-electron chi connectivity index (χ4n) is 1.90. The normalized spacial score (nSPS) is 13.9. The number of carbonyl (C=O) groups excluding carboxylic acids is 1. The van der Waals surface area contributed by atoms with E-state index in [4.69, 9.17) is 5.73 Å². The van der Waals surface area contributed by atoms with Crippen LogP contribution in [0.4, 0.5) is 0 Å². The lowest BCUT2D eigenvalue weighted by Gasteiger charge is -2.27. The van der Waals surface area contributed by atoms with Crippen LogP contribution in [0.2, 0.25) is 0 Å². The highest BCUT2D eigenvalue weighted by molar-refractivity contribution is 7.99. The molecule has 0 spiro atoms. The van der Waals surface area contributed by atoms with E-state index in [0.29, 0.717) is 0 Å². The third-order valence-electron chi connectivity index (χ3n) is 3.37. The molecule has 0 radical (unpaired) electrons.